The lowest BCUT2D eigenvalue weighted by Crippen LogP contribution is -2.73. The number of nitrogens with one attached hydrogen (secondary N) is 1. The molecule has 3 aliphatic rings. The lowest BCUT2D eigenvalue weighted by Gasteiger charge is -2.55. The Labute approximate surface area is 198 Å². The smallest absolute Gasteiger partial charge is 0.228 e. The van der Waals surface area contributed by atoms with E-state index in [1.807, 2.05) is 23.4 Å². The van der Waals surface area contributed by atoms with Crippen LogP contribution in [0.15, 0.2) is 30.6 Å². The minimum absolute atomic E-state index is 0.0576. The number of hydrogen-bond acceptors (Lipinski definition) is 6. The average molecular weight is 479 g/mol. The molecule has 1 N–H and O–H groups in total. The number of H-pyrrole nitrogens is 1. The Bertz CT molecular complexity index is 937. The number of benzene rings is 1. The van der Waals surface area contributed by atoms with E-state index in [-0.39, 0.29) is 18.1 Å². The van der Waals surface area contributed by atoms with Gasteiger partial charge in [-0.2, -0.15) is 10.1 Å². The Morgan fingerprint density at radius 2 is 1.97 bits per heavy atom. The molecule has 5 rings (SSSR count). The van der Waals surface area contributed by atoms with Crippen LogP contribution < -0.4 is 0 Å². The van der Waals surface area contributed by atoms with E-state index in [0.29, 0.717) is 36.3 Å². The number of likely N-dealkylation sites (tertiary alicyclic amines) is 1. The number of hydrogen-bond donors (Lipinski definition) is 1. The third-order valence-corrected chi connectivity index (χ3v) is 7.37. The van der Waals surface area contributed by atoms with Crippen LogP contribution in [0.25, 0.3) is 0 Å². The zero-order valence-corrected chi connectivity index (χ0v) is 19.4. The van der Waals surface area contributed by atoms with Crippen LogP contribution in [-0.4, -0.2) is 87.6 Å². The minimum Gasteiger partial charge on any atom is -0.363 e. The van der Waals surface area contributed by atoms with Crippen molar-refractivity contribution in [2.75, 3.05) is 39.5 Å². The molecular weight excluding hydrogens is 451 g/mol. The quantitative estimate of drug-likeness (QED) is 0.712. The summed E-state index contributed by atoms with van der Waals surface area (Å²) in [4.78, 5) is 18.1. The lowest BCUT2D eigenvalue weighted by molar-refractivity contribution is -0.251. The van der Waals surface area contributed by atoms with Gasteiger partial charge in [0.05, 0.1) is 35.3 Å². The lowest BCUT2D eigenvalue weighted by atomic mass is 10.1. The first-order chi connectivity index (χ1) is 15.6. The maximum Gasteiger partial charge on any atom is 0.228 e. The van der Waals surface area contributed by atoms with E-state index in [2.05, 4.69) is 25.1 Å². The van der Waals surface area contributed by atoms with Crippen LogP contribution in [0.2, 0.25) is 10.0 Å². The molecule has 1 unspecified atom stereocenters. The number of amides is 1. The number of halogens is 2. The van der Waals surface area contributed by atoms with Gasteiger partial charge in [-0.1, -0.05) is 29.3 Å². The summed E-state index contributed by atoms with van der Waals surface area (Å²) in [6.07, 6.45) is 6.39. The molecule has 1 aromatic carbocycles. The predicted molar refractivity (Wildman–Crippen MR) is 122 cm³/mol. The largest absolute Gasteiger partial charge is 0.363 e. The Kier molecular flexibility index (Phi) is 6.69. The van der Waals surface area contributed by atoms with Crippen LogP contribution in [0.4, 0.5) is 0 Å². The molecule has 0 aliphatic carbocycles. The molecule has 10 heteroatoms. The first kappa shape index (κ1) is 22.1. The first-order valence-electron chi connectivity index (χ1n) is 11.1. The fourth-order valence-electron chi connectivity index (χ4n) is 5.04. The van der Waals surface area contributed by atoms with Gasteiger partial charge in [0.25, 0.3) is 0 Å². The Balaban J connectivity index is 1.39. The number of fused-ring (bicyclic) bond motifs is 1. The number of nitrogens with zero attached hydrogens (tertiary/aromatic N) is 5. The zero-order valence-electron chi connectivity index (χ0n) is 17.9. The van der Waals surface area contributed by atoms with Crippen LogP contribution in [-0.2, 0) is 22.5 Å². The van der Waals surface area contributed by atoms with E-state index in [0.717, 1.165) is 37.3 Å². The topological polar surface area (TPSA) is 67.9 Å². The molecule has 32 heavy (non-hydrogen) atoms. The highest BCUT2D eigenvalue weighted by Crippen LogP contribution is 2.30. The van der Waals surface area contributed by atoms with E-state index in [4.69, 9.17) is 27.9 Å². The summed E-state index contributed by atoms with van der Waals surface area (Å²) in [5.74, 6) is 0.104. The van der Waals surface area contributed by atoms with Gasteiger partial charge in [0.1, 0.15) is 12.9 Å². The van der Waals surface area contributed by atoms with Crippen LogP contribution in [0.1, 0.15) is 24.0 Å². The second kappa shape index (κ2) is 9.67. The van der Waals surface area contributed by atoms with Crippen molar-refractivity contribution in [3.8, 4) is 0 Å². The van der Waals surface area contributed by atoms with Gasteiger partial charge in [-0.3, -0.25) is 14.8 Å². The summed E-state index contributed by atoms with van der Waals surface area (Å²) in [7, 11) is 0. The molecule has 3 aliphatic heterocycles. The molecule has 8 nitrogen and oxygen atoms in total. The number of carbonyl (C=O) groups excluding carboxylic acids is 1. The van der Waals surface area contributed by atoms with Crippen LogP contribution in [0.3, 0.4) is 0 Å². The Morgan fingerprint density at radius 1 is 1.12 bits per heavy atom. The van der Waals surface area contributed by atoms with Gasteiger partial charge >= 0.3 is 0 Å². The molecule has 0 radical (unpaired) electrons. The fourth-order valence-corrected chi connectivity index (χ4v) is 5.36. The van der Waals surface area contributed by atoms with Crippen molar-refractivity contribution in [1.82, 2.24) is 30.0 Å². The van der Waals surface area contributed by atoms with Crippen molar-refractivity contribution < 1.29 is 9.53 Å². The number of ether oxygens (including phenoxy) is 1. The highest BCUT2D eigenvalue weighted by molar-refractivity contribution is 6.42. The van der Waals surface area contributed by atoms with E-state index < -0.39 is 0 Å². The summed E-state index contributed by atoms with van der Waals surface area (Å²) in [5, 5.41) is 12.5. The Morgan fingerprint density at radius 3 is 2.72 bits per heavy atom. The van der Waals surface area contributed by atoms with Crippen molar-refractivity contribution >= 4 is 29.1 Å². The van der Waals surface area contributed by atoms with E-state index >= 15 is 0 Å². The van der Waals surface area contributed by atoms with Gasteiger partial charge in [0, 0.05) is 31.4 Å². The first-order valence-corrected chi connectivity index (χ1v) is 11.9. The third-order valence-electron chi connectivity index (χ3n) is 6.63. The van der Waals surface area contributed by atoms with Crippen molar-refractivity contribution in [3.05, 3.63) is 51.8 Å². The van der Waals surface area contributed by atoms with Gasteiger partial charge in [-0.15, -0.1) is 0 Å². The van der Waals surface area contributed by atoms with Gasteiger partial charge in [0.2, 0.25) is 5.91 Å². The van der Waals surface area contributed by atoms with Crippen LogP contribution in [0, 0.1) is 0 Å². The molecular formula is C22H28Cl2N6O2. The SMILES string of the molecule is O=C(Cc1ccc(Cl)c(Cl)c1)N1CCN(Cc2cn[nH]c2)N2COCC(N3CCCC3)[C@@H]12. The number of carbonyl (C=O) groups is 1. The van der Waals surface area contributed by atoms with Crippen LogP contribution in [0.5, 0.6) is 0 Å². The maximum absolute atomic E-state index is 13.5. The minimum atomic E-state index is -0.0576. The van der Waals surface area contributed by atoms with Crippen molar-refractivity contribution in [2.24, 2.45) is 0 Å². The molecule has 0 bridgehead atoms. The van der Waals surface area contributed by atoms with E-state index in [1.54, 1.807) is 12.1 Å². The van der Waals surface area contributed by atoms with E-state index in [9.17, 15) is 4.79 Å². The summed E-state index contributed by atoms with van der Waals surface area (Å²) in [5.41, 5.74) is 1.99. The molecule has 3 saturated heterocycles. The third kappa shape index (κ3) is 4.53. The summed E-state index contributed by atoms with van der Waals surface area (Å²) < 4.78 is 6.04. The molecule has 1 amide bonds. The molecule has 1 aromatic heterocycles. The second-order valence-corrected chi connectivity index (χ2v) is 9.48. The van der Waals surface area contributed by atoms with Gasteiger partial charge in [-0.05, 0) is 43.6 Å². The van der Waals surface area contributed by atoms with E-state index in [1.165, 1.54) is 12.8 Å². The van der Waals surface area contributed by atoms with Gasteiger partial charge in [0.15, 0.2) is 0 Å². The van der Waals surface area contributed by atoms with Crippen molar-refractivity contribution in [2.45, 2.75) is 38.0 Å². The molecule has 172 valence electrons. The number of rotatable bonds is 5. The normalized spacial score (nSPS) is 25.2. The molecule has 3 fully saturated rings. The fraction of sp³-hybridized carbons (Fsp3) is 0.545. The summed E-state index contributed by atoms with van der Waals surface area (Å²) >= 11 is 12.2. The number of aromatic amines is 1. The second-order valence-electron chi connectivity index (χ2n) is 8.67. The molecule has 2 aromatic rings. The van der Waals surface area contributed by atoms with Gasteiger partial charge < -0.3 is 9.64 Å². The van der Waals surface area contributed by atoms with Crippen molar-refractivity contribution in [1.29, 1.82) is 0 Å². The molecule has 4 heterocycles. The summed E-state index contributed by atoms with van der Waals surface area (Å²) in [6, 6.07) is 5.57. The monoisotopic (exact) mass is 478 g/mol. The predicted octanol–water partition coefficient (Wildman–Crippen LogP) is 2.60. The standard InChI is InChI=1S/C22H28Cl2N6O2/c23-18-4-3-16(9-19(18)24)10-21(31)29-8-7-28(13-17-11-25-26-12-17)30-15-32-14-20(22(29)30)27-5-1-2-6-27/h3-4,9,11-12,20,22H,1-2,5-8,10,13-15H2,(H,25,26)/t20?,22-/m0/s1. The van der Waals surface area contributed by atoms with Gasteiger partial charge in [-0.25, -0.2) is 5.01 Å². The Hall–Kier alpha value is -1.68. The van der Waals surface area contributed by atoms with Crippen LogP contribution >= 0.6 is 23.2 Å². The maximum atomic E-state index is 13.5. The highest BCUT2D eigenvalue weighted by atomic mass is 35.5. The van der Waals surface area contributed by atoms with Crippen molar-refractivity contribution in [3.63, 3.8) is 0 Å². The molecule has 2 atom stereocenters. The molecule has 0 spiro atoms. The number of aromatic nitrogens is 2. The summed E-state index contributed by atoms with van der Waals surface area (Å²) in [6.45, 7) is 5.36. The molecule has 0 saturated carbocycles. The average Bonchev–Trinajstić information content (AvgIpc) is 3.50. The number of hydrazine groups is 1. The zero-order chi connectivity index (χ0) is 22.1. The highest BCUT2D eigenvalue weighted by Gasteiger charge is 2.46.